The third-order valence-electron chi connectivity index (χ3n) is 1.88. The van der Waals surface area contributed by atoms with Crippen LogP contribution in [0.15, 0.2) is 0 Å². The van der Waals surface area contributed by atoms with Crippen molar-refractivity contribution in [3.8, 4) is 0 Å². The maximum Gasteiger partial charge on any atom is 0.106 e. The molecular formula is C10H27NSi4. The van der Waals surface area contributed by atoms with E-state index < -0.39 is 16.5 Å². The van der Waals surface area contributed by atoms with E-state index in [0.717, 1.165) is 18.2 Å². The molecular weight excluding hydrogens is 246 g/mol. The van der Waals surface area contributed by atoms with Crippen LogP contribution in [0.3, 0.4) is 0 Å². The van der Waals surface area contributed by atoms with Gasteiger partial charge in [-0.25, -0.2) is 0 Å². The van der Waals surface area contributed by atoms with Gasteiger partial charge in [-0.3, -0.25) is 0 Å². The first-order chi connectivity index (χ1) is 6.34. The van der Waals surface area contributed by atoms with Crippen LogP contribution >= 0.6 is 0 Å². The Hall–Kier alpha value is 0.828. The van der Waals surface area contributed by atoms with E-state index in [1.165, 1.54) is 0 Å². The molecule has 15 heavy (non-hydrogen) atoms. The van der Waals surface area contributed by atoms with E-state index in [9.17, 15) is 0 Å². The first-order valence-corrected chi connectivity index (χ1v) is 15.5. The van der Waals surface area contributed by atoms with Crippen LogP contribution in [0.4, 0.5) is 0 Å². The first-order valence-electron chi connectivity index (χ1n) is 5.67. The first kappa shape index (κ1) is 15.8. The molecule has 0 spiro atoms. The highest BCUT2D eigenvalue weighted by molar-refractivity contribution is 7.11. The van der Waals surface area contributed by atoms with Crippen molar-refractivity contribution in [2.45, 2.75) is 65.1 Å². The summed E-state index contributed by atoms with van der Waals surface area (Å²) in [5.41, 5.74) is 0. The predicted octanol–water partition coefficient (Wildman–Crippen LogP) is 3.42. The number of hydrogen-bond donors (Lipinski definition) is 0. The van der Waals surface area contributed by atoms with Crippen LogP contribution in [-0.2, 0) is 0 Å². The van der Waals surface area contributed by atoms with Crippen LogP contribution < -0.4 is 0 Å². The number of rotatable bonds is 4. The summed E-state index contributed by atoms with van der Waals surface area (Å²) in [4.78, 5) is 0. The minimum atomic E-state index is -1.11. The normalized spacial score (nSPS) is 14.8. The molecule has 0 saturated heterocycles. The fraction of sp³-hybridized carbons (Fsp3) is 1.00. The van der Waals surface area contributed by atoms with Crippen LogP contribution in [0.25, 0.3) is 0 Å². The highest BCUT2D eigenvalue weighted by Crippen LogP contribution is 2.23. The van der Waals surface area contributed by atoms with Crippen LogP contribution in [0.1, 0.15) is 20.8 Å². The molecule has 0 aromatic carbocycles. The van der Waals surface area contributed by atoms with Gasteiger partial charge in [0.05, 0.1) is 9.04 Å². The number of nitrogens with zero attached hydrogens (tertiary/aromatic N) is 1. The smallest absolute Gasteiger partial charge is 0.106 e. The second-order valence-electron chi connectivity index (χ2n) is 7.16. The monoisotopic (exact) mass is 273 g/mol. The standard InChI is InChI=1S/C10H27NSi4/c1-10(2,3)12-13-11(14(4,5)6)15(7,8)9/h1-9H3. The largest absolute Gasteiger partial charge is 0.373 e. The molecule has 0 amide bonds. The van der Waals surface area contributed by atoms with E-state index in [1.807, 2.05) is 0 Å². The molecule has 1 nitrogen and oxygen atoms in total. The second kappa shape index (κ2) is 4.99. The second-order valence-corrected chi connectivity index (χ2v) is 21.9. The van der Waals surface area contributed by atoms with Gasteiger partial charge in [-0.2, -0.15) is 0 Å². The molecule has 0 rings (SSSR count). The van der Waals surface area contributed by atoms with Crippen LogP contribution in [0, 0.1) is 0 Å². The molecule has 0 unspecified atom stereocenters. The van der Waals surface area contributed by atoms with Gasteiger partial charge >= 0.3 is 0 Å². The zero-order chi connectivity index (χ0) is 12.5. The summed E-state index contributed by atoms with van der Waals surface area (Å²) in [6.45, 7) is 22.0. The van der Waals surface area contributed by atoms with Gasteiger partial charge in [-0.1, -0.05) is 60.1 Å². The lowest BCUT2D eigenvalue weighted by Crippen LogP contribution is -2.62. The van der Waals surface area contributed by atoms with Crippen molar-refractivity contribution in [3.63, 3.8) is 0 Å². The zero-order valence-corrected chi connectivity index (χ0v) is 15.9. The van der Waals surface area contributed by atoms with Gasteiger partial charge in [0, 0.05) is 0 Å². The molecule has 0 aliphatic carbocycles. The fourth-order valence-corrected chi connectivity index (χ4v) is 21.1. The Kier molecular flexibility index (Phi) is 5.27. The van der Waals surface area contributed by atoms with Crippen molar-refractivity contribution in [1.82, 2.24) is 3.90 Å². The number of hydrogen-bond acceptors (Lipinski definition) is 1. The summed E-state index contributed by atoms with van der Waals surface area (Å²) >= 11 is 0. The Morgan fingerprint density at radius 2 is 1.13 bits per heavy atom. The van der Waals surface area contributed by atoms with Gasteiger partial charge in [0.1, 0.15) is 25.7 Å². The summed E-state index contributed by atoms with van der Waals surface area (Å²) in [6, 6.07) is 0. The van der Waals surface area contributed by atoms with Crippen molar-refractivity contribution in [2.24, 2.45) is 0 Å². The van der Waals surface area contributed by atoms with Crippen LogP contribution in [0.2, 0.25) is 44.3 Å². The molecule has 0 aliphatic rings. The summed E-state index contributed by atoms with van der Waals surface area (Å²) in [7, 11) is -0.0607. The molecule has 4 radical (unpaired) electrons. The molecule has 0 N–H and O–H groups in total. The molecule has 0 aromatic rings. The van der Waals surface area contributed by atoms with Gasteiger partial charge in [-0.15, -0.1) is 0 Å². The Morgan fingerprint density at radius 3 is 1.33 bits per heavy atom. The van der Waals surface area contributed by atoms with Crippen molar-refractivity contribution in [1.29, 1.82) is 0 Å². The Bertz CT molecular complexity index is 183. The average molecular weight is 274 g/mol. The molecule has 0 saturated carbocycles. The van der Waals surface area contributed by atoms with Gasteiger partial charge in [-0.05, 0) is 5.04 Å². The maximum atomic E-state index is 2.92. The molecule has 0 heterocycles. The summed E-state index contributed by atoms with van der Waals surface area (Å²) in [5.74, 6) is 0. The van der Waals surface area contributed by atoms with Crippen molar-refractivity contribution in [3.05, 3.63) is 0 Å². The molecule has 0 aliphatic heterocycles. The summed E-state index contributed by atoms with van der Waals surface area (Å²) in [5, 5.41) is 0.510. The summed E-state index contributed by atoms with van der Waals surface area (Å²) in [6.07, 6.45) is 0. The molecule has 0 atom stereocenters. The van der Waals surface area contributed by atoms with Crippen LogP contribution in [0.5, 0.6) is 0 Å². The lowest BCUT2D eigenvalue weighted by atomic mass is 10.3. The van der Waals surface area contributed by atoms with Crippen molar-refractivity contribution in [2.75, 3.05) is 0 Å². The Labute approximate surface area is 104 Å². The van der Waals surface area contributed by atoms with Crippen molar-refractivity contribution >= 4 is 34.7 Å². The fourth-order valence-electron chi connectivity index (χ4n) is 1.57. The minimum absolute atomic E-state index is 0.510. The Morgan fingerprint density at radius 1 is 0.800 bits per heavy atom. The quantitative estimate of drug-likeness (QED) is 0.710. The van der Waals surface area contributed by atoms with E-state index in [4.69, 9.17) is 0 Å². The highest BCUT2D eigenvalue weighted by atomic mass is 29.2. The van der Waals surface area contributed by atoms with Crippen molar-refractivity contribution < 1.29 is 0 Å². The van der Waals surface area contributed by atoms with E-state index in [-0.39, 0.29) is 0 Å². The highest BCUT2D eigenvalue weighted by Gasteiger charge is 2.34. The van der Waals surface area contributed by atoms with Gasteiger partial charge in [0.2, 0.25) is 0 Å². The lowest BCUT2D eigenvalue weighted by Gasteiger charge is -2.44. The van der Waals surface area contributed by atoms with Gasteiger partial charge in [0.15, 0.2) is 0 Å². The van der Waals surface area contributed by atoms with E-state index in [1.54, 1.807) is 0 Å². The molecule has 5 heteroatoms. The molecule has 0 bridgehead atoms. The molecule has 88 valence electrons. The topological polar surface area (TPSA) is 3.24 Å². The van der Waals surface area contributed by atoms with E-state index >= 15 is 0 Å². The van der Waals surface area contributed by atoms with E-state index in [2.05, 4.69) is 63.9 Å². The van der Waals surface area contributed by atoms with Gasteiger partial charge in [0.25, 0.3) is 0 Å². The average Bonchev–Trinajstić information content (AvgIpc) is 1.75. The minimum Gasteiger partial charge on any atom is -0.373 e. The Balaban J connectivity index is 4.56. The van der Waals surface area contributed by atoms with E-state index in [0.29, 0.717) is 5.04 Å². The molecule has 0 aromatic heterocycles. The molecule has 0 fully saturated rings. The third-order valence-corrected chi connectivity index (χ3v) is 19.0. The lowest BCUT2D eigenvalue weighted by molar-refractivity contribution is 0.760. The van der Waals surface area contributed by atoms with Gasteiger partial charge < -0.3 is 3.90 Å². The van der Waals surface area contributed by atoms with Crippen LogP contribution in [-0.4, -0.2) is 38.6 Å². The third kappa shape index (κ3) is 6.88. The summed E-state index contributed by atoms with van der Waals surface area (Å²) < 4.78 is 2.92. The SMILES string of the molecule is CC(C)(C)[Si][Si]N([Si](C)(C)C)[Si](C)(C)C. The predicted molar refractivity (Wildman–Crippen MR) is 79.8 cm³/mol. The maximum absolute atomic E-state index is 2.92. The zero-order valence-electron chi connectivity index (χ0n) is 11.9.